The normalized spacial score (nSPS) is 26.9. The first-order chi connectivity index (χ1) is 14.1. The molecule has 3 fully saturated rings. The first-order valence-corrected chi connectivity index (χ1v) is 10.7. The van der Waals surface area contributed by atoms with Crippen LogP contribution in [0.3, 0.4) is 0 Å². The van der Waals surface area contributed by atoms with Crippen LogP contribution in [0.2, 0.25) is 0 Å². The Hall–Kier alpha value is -2.40. The van der Waals surface area contributed by atoms with E-state index < -0.39 is 0 Å². The Bertz CT molecular complexity index is 893. The van der Waals surface area contributed by atoms with Crippen LogP contribution in [0.5, 0.6) is 0 Å². The predicted octanol–water partition coefficient (Wildman–Crippen LogP) is 3.80. The molecule has 5 rings (SSSR count). The number of fused-ring (bicyclic) bond motifs is 1. The molecule has 0 unspecified atom stereocenters. The van der Waals surface area contributed by atoms with Crippen LogP contribution < -0.4 is 4.90 Å². The van der Waals surface area contributed by atoms with Gasteiger partial charge in [0, 0.05) is 55.9 Å². The maximum atomic E-state index is 13.8. The molecule has 0 aromatic heterocycles. The highest BCUT2D eigenvalue weighted by Crippen LogP contribution is 2.44. The molecule has 29 heavy (non-hydrogen) atoms. The molecule has 0 N–H and O–H groups in total. The summed E-state index contributed by atoms with van der Waals surface area (Å²) in [5, 5.41) is 0. The lowest BCUT2D eigenvalue weighted by atomic mass is 9.89. The Labute approximate surface area is 171 Å². The average Bonchev–Trinajstić information content (AvgIpc) is 3.44. The quantitative estimate of drug-likeness (QED) is 0.794. The molecule has 0 spiro atoms. The van der Waals surface area contributed by atoms with Gasteiger partial charge in [-0.15, -0.1) is 0 Å². The average molecular weight is 394 g/mol. The fourth-order valence-corrected chi connectivity index (χ4v) is 5.59. The third kappa shape index (κ3) is 3.42. The second-order valence-corrected chi connectivity index (χ2v) is 8.81. The minimum absolute atomic E-state index is 0.119. The summed E-state index contributed by atoms with van der Waals surface area (Å²) in [6.07, 6.45) is 2.50. The van der Waals surface area contributed by atoms with E-state index in [2.05, 4.69) is 29.0 Å². The predicted molar refractivity (Wildman–Crippen MR) is 113 cm³/mol. The standard InChI is InChI=1S/C24H28FN3O/c1-26-14-19-15-28(16-22(19)23(26)18-5-4-6-20(25)13-18)24(29)17-7-9-21(10-8-17)27-11-2-3-12-27/h4-10,13,19,22-23H,2-3,11-12,14-16H2,1H3/t19-,22+,23-/m0/s1. The van der Waals surface area contributed by atoms with Crippen molar-refractivity contribution in [3.05, 3.63) is 65.5 Å². The summed E-state index contributed by atoms with van der Waals surface area (Å²) >= 11 is 0. The molecule has 2 aromatic carbocycles. The van der Waals surface area contributed by atoms with Crippen molar-refractivity contribution in [2.24, 2.45) is 11.8 Å². The second kappa shape index (κ2) is 7.45. The molecule has 3 heterocycles. The van der Waals surface area contributed by atoms with E-state index >= 15 is 0 Å². The summed E-state index contributed by atoms with van der Waals surface area (Å²) < 4.78 is 13.8. The summed E-state index contributed by atoms with van der Waals surface area (Å²) in [6, 6.07) is 15.2. The van der Waals surface area contributed by atoms with Crippen molar-refractivity contribution in [2.45, 2.75) is 18.9 Å². The Morgan fingerprint density at radius 2 is 1.76 bits per heavy atom. The molecule has 0 radical (unpaired) electrons. The molecule has 2 aromatic rings. The maximum absolute atomic E-state index is 13.8. The van der Waals surface area contributed by atoms with Gasteiger partial charge >= 0.3 is 0 Å². The van der Waals surface area contributed by atoms with Crippen molar-refractivity contribution >= 4 is 11.6 Å². The number of carbonyl (C=O) groups is 1. The molecular weight excluding hydrogens is 365 g/mol. The lowest BCUT2D eigenvalue weighted by Gasteiger charge is -2.27. The van der Waals surface area contributed by atoms with Gasteiger partial charge in [-0.1, -0.05) is 12.1 Å². The maximum Gasteiger partial charge on any atom is 0.253 e. The van der Waals surface area contributed by atoms with E-state index in [-0.39, 0.29) is 17.8 Å². The van der Waals surface area contributed by atoms with Gasteiger partial charge in [0.2, 0.25) is 0 Å². The monoisotopic (exact) mass is 393 g/mol. The molecule has 3 aliphatic heterocycles. The summed E-state index contributed by atoms with van der Waals surface area (Å²) in [6.45, 7) is 4.69. The summed E-state index contributed by atoms with van der Waals surface area (Å²) in [5.74, 6) is 0.729. The Kier molecular flexibility index (Phi) is 4.78. The highest BCUT2D eigenvalue weighted by molar-refractivity contribution is 5.94. The van der Waals surface area contributed by atoms with Crippen LogP contribution in [0.4, 0.5) is 10.1 Å². The number of hydrogen-bond acceptors (Lipinski definition) is 3. The molecule has 4 nitrogen and oxygen atoms in total. The number of rotatable bonds is 3. The van der Waals surface area contributed by atoms with Crippen LogP contribution in [0.15, 0.2) is 48.5 Å². The van der Waals surface area contributed by atoms with E-state index in [0.717, 1.165) is 43.9 Å². The summed E-state index contributed by atoms with van der Waals surface area (Å²) in [5.41, 5.74) is 3.00. The minimum atomic E-state index is -0.191. The van der Waals surface area contributed by atoms with Gasteiger partial charge < -0.3 is 9.80 Å². The van der Waals surface area contributed by atoms with Gasteiger partial charge in [0.15, 0.2) is 0 Å². The van der Waals surface area contributed by atoms with Crippen LogP contribution in [0, 0.1) is 17.7 Å². The zero-order valence-electron chi connectivity index (χ0n) is 16.9. The van der Waals surface area contributed by atoms with Crippen molar-refractivity contribution in [1.29, 1.82) is 0 Å². The highest BCUT2D eigenvalue weighted by atomic mass is 19.1. The van der Waals surface area contributed by atoms with Crippen molar-refractivity contribution < 1.29 is 9.18 Å². The molecule has 0 bridgehead atoms. The smallest absolute Gasteiger partial charge is 0.253 e. The van der Waals surface area contributed by atoms with E-state index in [9.17, 15) is 9.18 Å². The van der Waals surface area contributed by atoms with Crippen LogP contribution >= 0.6 is 0 Å². The first kappa shape index (κ1) is 18.6. The summed E-state index contributed by atoms with van der Waals surface area (Å²) in [4.78, 5) is 19.8. The summed E-state index contributed by atoms with van der Waals surface area (Å²) in [7, 11) is 2.11. The van der Waals surface area contributed by atoms with E-state index in [1.54, 1.807) is 12.1 Å². The van der Waals surface area contributed by atoms with Gasteiger partial charge in [-0.3, -0.25) is 9.69 Å². The largest absolute Gasteiger partial charge is 0.372 e. The topological polar surface area (TPSA) is 26.8 Å². The number of amides is 1. The molecule has 0 aliphatic carbocycles. The SMILES string of the molecule is CN1C[C@H]2CN(C(=O)c3ccc(N4CCCC4)cc3)C[C@H]2[C@@H]1c1cccc(F)c1. The van der Waals surface area contributed by atoms with Gasteiger partial charge in [-0.2, -0.15) is 0 Å². The van der Waals surface area contributed by atoms with Crippen molar-refractivity contribution in [1.82, 2.24) is 9.80 Å². The van der Waals surface area contributed by atoms with E-state index in [1.807, 2.05) is 23.1 Å². The Balaban J connectivity index is 1.30. The van der Waals surface area contributed by atoms with Crippen LogP contribution in [0.25, 0.3) is 0 Å². The number of likely N-dealkylation sites (tertiary alicyclic amines) is 2. The minimum Gasteiger partial charge on any atom is -0.372 e. The zero-order chi connectivity index (χ0) is 20.0. The zero-order valence-corrected chi connectivity index (χ0v) is 16.9. The lowest BCUT2D eigenvalue weighted by Crippen LogP contribution is -2.33. The number of halogens is 1. The van der Waals surface area contributed by atoms with Crippen molar-refractivity contribution in [3.63, 3.8) is 0 Å². The van der Waals surface area contributed by atoms with Gasteiger partial charge in [0.05, 0.1) is 0 Å². The second-order valence-electron chi connectivity index (χ2n) is 8.81. The fraction of sp³-hybridized carbons (Fsp3) is 0.458. The highest BCUT2D eigenvalue weighted by Gasteiger charge is 2.47. The lowest BCUT2D eigenvalue weighted by molar-refractivity contribution is 0.0768. The van der Waals surface area contributed by atoms with Crippen molar-refractivity contribution in [2.75, 3.05) is 44.7 Å². The number of anilines is 1. The number of carbonyl (C=O) groups excluding carboxylic acids is 1. The van der Waals surface area contributed by atoms with Gasteiger partial charge in [-0.05, 0) is 67.8 Å². The fourth-order valence-electron chi connectivity index (χ4n) is 5.59. The molecular formula is C24H28FN3O. The van der Waals surface area contributed by atoms with E-state index in [1.165, 1.54) is 24.6 Å². The Morgan fingerprint density at radius 3 is 2.48 bits per heavy atom. The molecule has 3 aliphatic rings. The van der Waals surface area contributed by atoms with Crippen molar-refractivity contribution in [3.8, 4) is 0 Å². The van der Waals surface area contributed by atoms with Crippen LogP contribution in [-0.4, -0.2) is 55.5 Å². The molecule has 1 amide bonds. The molecule has 5 heteroatoms. The van der Waals surface area contributed by atoms with Gasteiger partial charge in [0.1, 0.15) is 5.82 Å². The van der Waals surface area contributed by atoms with Crippen LogP contribution in [-0.2, 0) is 0 Å². The first-order valence-electron chi connectivity index (χ1n) is 10.7. The third-order valence-corrected chi connectivity index (χ3v) is 6.96. The number of hydrogen-bond donors (Lipinski definition) is 0. The van der Waals surface area contributed by atoms with E-state index in [4.69, 9.17) is 0 Å². The van der Waals surface area contributed by atoms with Gasteiger partial charge in [-0.25, -0.2) is 4.39 Å². The molecule has 0 saturated carbocycles. The number of nitrogens with zero attached hydrogens (tertiary/aromatic N) is 3. The number of benzene rings is 2. The Morgan fingerprint density at radius 1 is 1.00 bits per heavy atom. The molecule has 152 valence electrons. The molecule has 3 atom stereocenters. The third-order valence-electron chi connectivity index (χ3n) is 6.96. The molecule has 3 saturated heterocycles. The van der Waals surface area contributed by atoms with Crippen LogP contribution in [0.1, 0.15) is 34.8 Å². The van der Waals surface area contributed by atoms with E-state index in [0.29, 0.717) is 11.8 Å². The van der Waals surface area contributed by atoms with Gasteiger partial charge in [0.25, 0.3) is 5.91 Å².